The highest BCUT2D eigenvalue weighted by molar-refractivity contribution is 6.30. The number of carbonyl (C=O) groups excluding carboxylic acids is 3. The first-order valence-electron chi connectivity index (χ1n) is 10.6. The molecule has 2 aromatic rings. The second-order valence-corrected chi connectivity index (χ2v) is 9.06. The number of amides is 3. The maximum Gasteiger partial charge on any atom is 0.270 e. The summed E-state index contributed by atoms with van der Waals surface area (Å²) in [5.74, 6) is -5.64. The fraction of sp³-hybridized carbons (Fsp3) is 0.391. The Bertz CT molecular complexity index is 1130. The molecule has 180 valence electrons. The molecule has 0 aliphatic carbocycles. The van der Waals surface area contributed by atoms with E-state index in [-0.39, 0.29) is 47.9 Å². The van der Waals surface area contributed by atoms with Crippen LogP contribution in [-0.2, 0) is 26.9 Å². The highest BCUT2D eigenvalue weighted by Crippen LogP contribution is 2.32. The van der Waals surface area contributed by atoms with Crippen LogP contribution in [0.4, 0.5) is 19.0 Å². The summed E-state index contributed by atoms with van der Waals surface area (Å²) in [5.41, 5.74) is 0.395. The van der Waals surface area contributed by atoms with Gasteiger partial charge in [-0.05, 0) is 11.6 Å². The molecule has 0 spiro atoms. The van der Waals surface area contributed by atoms with E-state index in [2.05, 4.69) is 4.98 Å². The second kappa shape index (κ2) is 8.90. The lowest BCUT2D eigenvalue weighted by atomic mass is 9.87. The third-order valence-corrected chi connectivity index (χ3v) is 6.33. The van der Waals surface area contributed by atoms with E-state index in [4.69, 9.17) is 11.6 Å². The molecule has 3 amide bonds. The number of carbonyl (C=O) groups is 3. The van der Waals surface area contributed by atoms with Gasteiger partial charge in [-0.25, -0.2) is 18.2 Å². The van der Waals surface area contributed by atoms with Crippen molar-refractivity contribution in [3.8, 4) is 0 Å². The van der Waals surface area contributed by atoms with Gasteiger partial charge in [-0.1, -0.05) is 35.9 Å². The fourth-order valence-corrected chi connectivity index (χ4v) is 4.39. The zero-order valence-corrected chi connectivity index (χ0v) is 19.2. The summed E-state index contributed by atoms with van der Waals surface area (Å²) in [5, 5.41) is 0.0485. The highest BCUT2D eigenvalue weighted by atomic mass is 35.5. The van der Waals surface area contributed by atoms with Crippen LogP contribution < -0.4 is 4.90 Å². The standard InChI is InChI=1S/C23H22ClF3N4O3/c1-13(32)29-10-15(11-29)20-22(34)31(21-18(25)7-17(24)8-28-21)12-19(33)30(20)9-14-3-5-16(6-4-14)23(2,26)27/h3-8,15,20H,9-12H2,1-2H3/t20-/m0/s1. The van der Waals surface area contributed by atoms with Gasteiger partial charge in [-0.3, -0.25) is 19.3 Å². The van der Waals surface area contributed by atoms with E-state index in [0.29, 0.717) is 5.56 Å². The van der Waals surface area contributed by atoms with Crippen molar-refractivity contribution in [1.29, 1.82) is 0 Å². The Morgan fingerprint density at radius 1 is 1.21 bits per heavy atom. The number of hydrogen-bond acceptors (Lipinski definition) is 4. The first-order chi connectivity index (χ1) is 16.0. The van der Waals surface area contributed by atoms with Gasteiger partial charge in [-0.2, -0.15) is 0 Å². The largest absolute Gasteiger partial charge is 0.342 e. The summed E-state index contributed by atoms with van der Waals surface area (Å²) >= 11 is 5.76. The van der Waals surface area contributed by atoms with Crippen LogP contribution >= 0.6 is 11.6 Å². The number of halogens is 4. The summed E-state index contributed by atoms with van der Waals surface area (Å²) in [6.45, 7) is 2.30. The van der Waals surface area contributed by atoms with Gasteiger partial charge in [0.25, 0.3) is 11.8 Å². The Morgan fingerprint density at radius 2 is 1.85 bits per heavy atom. The molecular formula is C23H22ClF3N4O3. The minimum absolute atomic E-state index is 0.00570. The molecule has 2 aliphatic rings. The number of anilines is 1. The number of alkyl halides is 2. The average molecular weight is 495 g/mol. The number of pyridine rings is 1. The van der Waals surface area contributed by atoms with Crippen LogP contribution in [0.3, 0.4) is 0 Å². The monoisotopic (exact) mass is 494 g/mol. The van der Waals surface area contributed by atoms with E-state index in [0.717, 1.165) is 17.9 Å². The molecule has 0 unspecified atom stereocenters. The van der Waals surface area contributed by atoms with Crippen molar-refractivity contribution in [2.45, 2.75) is 32.4 Å². The molecular weight excluding hydrogens is 473 g/mol. The summed E-state index contributed by atoms with van der Waals surface area (Å²) in [7, 11) is 0. The SMILES string of the molecule is CC(=O)N1CC([C@H]2C(=O)N(c3ncc(Cl)cc3F)CC(=O)N2Cc2ccc(C(C)(F)F)cc2)C1. The molecule has 1 aromatic carbocycles. The van der Waals surface area contributed by atoms with Crippen LogP contribution in [0.5, 0.6) is 0 Å². The van der Waals surface area contributed by atoms with E-state index in [9.17, 15) is 27.6 Å². The number of rotatable bonds is 5. The number of piperazine rings is 1. The minimum Gasteiger partial charge on any atom is -0.342 e. The summed E-state index contributed by atoms with van der Waals surface area (Å²) in [4.78, 5) is 46.1. The van der Waals surface area contributed by atoms with Crippen molar-refractivity contribution in [2.24, 2.45) is 5.92 Å². The topological polar surface area (TPSA) is 73.8 Å². The van der Waals surface area contributed by atoms with Crippen LogP contribution in [0.1, 0.15) is 25.0 Å². The second-order valence-electron chi connectivity index (χ2n) is 8.62. The Balaban J connectivity index is 1.63. The molecule has 0 radical (unpaired) electrons. The lowest BCUT2D eigenvalue weighted by Gasteiger charge is -2.49. The minimum atomic E-state index is -3.00. The van der Waals surface area contributed by atoms with Gasteiger partial charge in [0.2, 0.25) is 11.8 Å². The molecule has 2 saturated heterocycles. The number of nitrogens with zero attached hydrogens (tertiary/aromatic N) is 4. The maximum atomic E-state index is 14.5. The van der Waals surface area contributed by atoms with Crippen LogP contribution in [0.2, 0.25) is 5.02 Å². The van der Waals surface area contributed by atoms with Crippen LogP contribution in [0, 0.1) is 11.7 Å². The number of likely N-dealkylation sites (tertiary alicyclic amines) is 1. The van der Waals surface area contributed by atoms with Gasteiger partial charge in [0, 0.05) is 51.2 Å². The number of aromatic nitrogens is 1. The lowest BCUT2D eigenvalue weighted by Crippen LogP contribution is -2.68. The summed E-state index contributed by atoms with van der Waals surface area (Å²) in [6.07, 6.45) is 1.19. The third kappa shape index (κ3) is 4.59. The third-order valence-electron chi connectivity index (χ3n) is 6.13. The Hall–Kier alpha value is -3.14. The van der Waals surface area contributed by atoms with Gasteiger partial charge < -0.3 is 9.80 Å². The van der Waals surface area contributed by atoms with E-state index >= 15 is 0 Å². The lowest BCUT2D eigenvalue weighted by molar-refractivity contribution is -0.152. The normalized spacial score (nSPS) is 19.5. The predicted molar refractivity (Wildman–Crippen MR) is 118 cm³/mol. The van der Waals surface area contributed by atoms with Crippen LogP contribution in [-0.4, -0.2) is 58.2 Å². The molecule has 0 N–H and O–H groups in total. The van der Waals surface area contributed by atoms with Gasteiger partial charge in [-0.15, -0.1) is 0 Å². The molecule has 2 fully saturated rings. The molecule has 1 aromatic heterocycles. The highest BCUT2D eigenvalue weighted by Gasteiger charge is 2.49. The predicted octanol–water partition coefficient (Wildman–Crippen LogP) is 3.21. The molecule has 7 nitrogen and oxygen atoms in total. The van der Waals surface area contributed by atoms with Crippen LogP contribution in [0.15, 0.2) is 36.5 Å². The van der Waals surface area contributed by atoms with Gasteiger partial charge in [0.05, 0.1) is 5.02 Å². The van der Waals surface area contributed by atoms with E-state index in [1.54, 1.807) is 4.90 Å². The maximum absolute atomic E-state index is 14.5. The zero-order chi connectivity index (χ0) is 24.8. The number of benzene rings is 1. The van der Waals surface area contributed by atoms with E-state index < -0.39 is 36.1 Å². The van der Waals surface area contributed by atoms with Gasteiger partial charge in [0.15, 0.2) is 11.6 Å². The first kappa shape index (κ1) is 24.0. The van der Waals surface area contributed by atoms with Crippen molar-refractivity contribution in [2.75, 3.05) is 24.5 Å². The van der Waals surface area contributed by atoms with Crippen molar-refractivity contribution in [3.05, 3.63) is 58.5 Å². The summed E-state index contributed by atoms with van der Waals surface area (Å²) in [6, 6.07) is 5.56. The summed E-state index contributed by atoms with van der Waals surface area (Å²) < 4.78 is 41.6. The Labute approximate surface area is 199 Å². The first-order valence-corrected chi connectivity index (χ1v) is 11.0. The smallest absolute Gasteiger partial charge is 0.270 e. The Morgan fingerprint density at radius 3 is 2.41 bits per heavy atom. The molecule has 11 heteroatoms. The zero-order valence-electron chi connectivity index (χ0n) is 18.5. The fourth-order valence-electron chi connectivity index (χ4n) is 4.25. The van der Waals surface area contributed by atoms with E-state index in [1.807, 2.05) is 0 Å². The van der Waals surface area contributed by atoms with E-state index in [1.165, 1.54) is 42.3 Å². The van der Waals surface area contributed by atoms with Crippen molar-refractivity contribution >= 4 is 35.1 Å². The average Bonchev–Trinajstić information content (AvgIpc) is 2.71. The van der Waals surface area contributed by atoms with Crippen molar-refractivity contribution in [1.82, 2.24) is 14.8 Å². The van der Waals surface area contributed by atoms with Crippen molar-refractivity contribution in [3.63, 3.8) is 0 Å². The van der Waals surface area contributed by atoms with Gasteiger partial charge >= 0.3 is 0 Å². The quantitative estimate of drug-likeness (QED) is 0.640. The van der Waals surface area contributed by atoms with Crippen molar-refractivity contribution < 1.29 is 27.6 Å². The molecule has 0 saturated carbocycles. The molecule has 3 heterocycles. The molecule has 34 heavy (non-hydrogen) atoms. The molecule has 1 atom stereocenters. The number of hydrogen-bond donors (Lipinski definition) is 0. The molecule has 4 rings (SSSR count). The Kier molecular flexibility index (Phi) is 6.28. The van der Waals surface area contributed by atoms with Gasteiger partial charge in [0.1, 0.15) is 12.6 Å². The van der Waals surface area contributed by atoms with Crippen LogP contribution in [0.25, 0.3) is 0 Å². The molecule has 2 aliphatic heterocycles. The molecule has 0 bridgehead atoms.